The molecule has 10 heteroatoms. The molecule has 36 heavy (non-hydrogen) atoms. The number of amidine groups is 1. The molecule has 1 aliphatic heterocycles. The lowest BCUT2D eigenvalue weighted by atomic mass is 9.99. The predicted molar refractivity (Wildman–Crippen MR) is 134 cm³/mol. The Morgan fingerprint density at radius 2 is 1.44 bits per heavy atom. The normalized spacial score (nSPS) is 17.9. The molecular weight excluding hydrogens is 486 g/mol. The lowest BCUT2D eigenvalue weighted by molar-refractivity contribution is -0.161. The average molecular weight is 516 g/mol. The molecule has 0 unspecified atom stereocenters. The van der Waals surface area contributed by atoms with Gasteiger partial charge in [-0.2, -0.15) is 10.0 Å². The van der Waals surface area contributed by atoms with Crippen molar-refractivity contribution in [1.82, 2.24) is 10.0 Å². The van der Waals surface area contributed by atoms with Gasteiger partial charge < -0.3 is 14.2 Å². The standard InChI is InChI=1S/C26H30ClN3O6/c1-24(2,3)35-22(32)29-20(17-12-9-8-10-13-17)28-26(21(31)34-7,18-14-11-15-19(27)16-18)30(29)23(33)36-25(4,5)6/h8-16H,1-7H3/t26-/m1/s1. The van der Waals surface area contributed by atoms with Crippen LogP contribution in [-0.2, 0) is 24.7 Å². The van der Waals surface area contributed by atoms with Gasteiger partial charge in [-0.1, -0.05) is 54.1 Å². The van der Waals surface area contributed by atoms with Gasteiger partial charge in [0.2, 0.25) is 0 Å². The van der Waals surface area contributed by atoms with Gasteiger partial charge in [-0.3, -0.25) is 0 Å². The van der Waals surface area contributed by atoms with E-state index < -0.39 is 35.0 Å². The molecule has 2 amide bonds. The van der Waals surface area contributed by atoms with E-state index in [-0.39, 0.29) is 16.4 Å². The highest BCUT2D eigenvalue weighted by molar-refractivity contribution is 6.30. The largest absolute Gasteiger partial charge is 0.465 e. The van der Waals surface area contributed by atoms with Crippen molar-refractivity contribution in [3.8, 4) is 0 Å². The van der Waals surface area contributed by atoms with Gasteiger partial charge in [-0.25, -0.2) is 19.4 Å². The van der Waals surface area contributed by atoms with Gasteiger partial charge in [-0.15, -0.1) is 0 Å². The number of methoxy groups -OCH3 is 1. The summed E-state index contributed by atoms with van der Waals surface area (Å²) >= 11 is 6.27. The molecule has 0 aromatic heterocycles. The van der Waals surface area contributed by atoms with Crippen LogP contribution in [0.5, 0.6) is 0 Å². The summed E-state index contributed by atoms with van der Waals surface area (Å²) in [4.78, 5) is 45.6. The molecule has 0 radical (unpaired) electrons. The molecule has 1 heterocycles. The molecule has 192 valence electrons. The van der Waals surface area contributed by atoms with Crippen molar-refractivity contribution in [2.75, 3.05) is 7.11 Å². The van der Waals surface area contributed by atoms with E-state index in [0.29, 0.717) is 5.56 Å². The smallest absolute Gasteiger partial charge is 0.435 e. The minimum absolute atomic E-state index is 0.0129. The summed E-state index contributed by atoms with van der Waals surface area (Å²) in [6, 6.07) is 14.9. The lowest BCUT2D eigenvalue weighted by Gasteiger charge is -2.38. The van der Waals surface area contributed by atoms with Gasteiger partial charge in [0.1, 0.15) is 11.2 Å². The highest BCUT2D eigenvalue weighted by atomic mass is 35.5. The molecule has 2 aromatic rings. The van der Waals surface area contributed by atoms with Crippen molar-refractivity contribution < 1.29 is 28.6 Å². The molecule has 0 bridgehead atoms. The number of halogens is 1. The summed E-state index contributed by atoms with van der Waals surface area (Å²) in [6.07, 6.45) is -1.96. The maximum absolute atomic E-state index is 13.8. The number of amides is 2. The third-order valence-corrected chi connectivity index (χ3v) is 5.07. The van der Waals surface area contributed by atoms with Crippen LogP contribution in [0.15, 0.2) is 59.6 Å². The molecule has 0 fully saturated rings. The Morgan fingerprint density at radius 3 is 1.97 bits per heavy atom. The second-order valence-electron chi connectivity index (χ2n) is 10.1. The van der Waals surface area contributed by atoms with E-state index in [4.69, 9.17) is 25.8 Å². The van der Waals surface area contributed by atoms with Gasteiger partial charge >= 0.3 is 18.2 Å². The summed E-state index contributed by atoms with van der Waals surface area (Å²) in [5.74, 6) is -0.948. The minimum Gasteiger partial charge on any atom is -0.465 e. The number of rotatable bonds is 3. The first-order chi connectivity index (χ1) is 16.7. The Bertz CT molecular complexity index is 1190. The molecule has 0 saturated heterocycles. The quantitative estimate of drug-likeness (QED) is 0.394. The average Bonchev–Trinajstić information content (AvgIpc) is 3.14. The molecule has 0 N–H and O–H groups in total. The monoisotopic (exact) mass is 515 g/mol. The molecule has 0 saturated carbocycles. The maximum Gasteiger partial charge on any atom is 0.435 e. The van der Waals surface area contributed by atoms with E-state index in [0.717, 1.165) is 17.1 Å². The van der Waals surface area contributed by atoms with Crippen LogP contribution >= 0.6 is 11.6 Å². The zero-order chi connectivity index (χ0) is 26.9. The number of esters is 1. The number of nitrogens with zero attached hydrogens (tertiary/aromatic N) is 3. The van der Waals surface area contributed by atoms with Crippen LogP contribution < -0.4 is 0 Å². The molecule has 0 aliphatic carbocycles. The van der Waals surface area contributed by atoms with Crippen molar-refractivity contribution in [2.24, 2.45) is 4.99 Å². The number of benzene rings is 2. The number of ether oxygens (including phenoxy) is 3. The molecule has 0 spiro atoms. The SMILES string of the molecule is COC(=O)[C@]1(c2cccc(Cl)c2)N=C(c2ccccc2)N(C(=O)OC(C)(C)C)N1C(=O)OC(C)(C)C. The van der Waals surface area contributed by atoms with Crippen molar-refractivity contribution in [3.63, 3.8) is 0 Å². The van der Waals surface area contributed by atoms with E-state index in [9.17, 15) is 14.4 Å². The van der Waals surface area contributed by atoms with E-state index in [1.54, 1.807) is 90.1 Å². The van der Waals surface area contributed by atoms with Gasteiger partial charge in [0.25, 0.3) is 5.66 Å². The van der Waals surface area contributed by atoms with Crippen molar-refractivity contribution in [2.45, 2.75) is 58.4 Å². The first-order valence-electron chi connectivity index (χ1n) is 11.3. The molecule has 1 aliphatic rings. The summed E-state index contributed by atoms with van der Waals surface area (Å²) < 4.78 is 16.4. The molecule has 9 nitrogen and oxygen atoms in total. The van der Waals surface area contributed by atoms with E-state index in [1.807, 2.05) is 0 Å². The molecule has 2 aromatic carbocycles. The van der Waals surface area contributed by atoms with E-state index in [2.05, 4.69) is 4.99 Å². The van der Waals surface area contributed by atoms with E-state index in [1.165, 1.54) is 6.07 Å². The number of hydrogen-bond donors (Lipinski definition) is 0. The van der Waals surface area contributed by atoms with Crippen molar-refractivity contribution in [1.29, 1.82) is 0 Å². The van der Waals surface area contributed by atoms with Crippen LogP contribution in [0.3, 0.4) is 0 Å². The van der Waals surface area contributed by atoms with Gasteiger partial charge in [0.05, 0.1) is 7.11 Å². The minimum atomic E-state index is -2.18. The molecule has 3 rings (SSSR count). The van der Waals surface area contributed by atoms with Crippen molar-refractivity contribution in [3.05, 3.63) is 70.7 Å². The topological polar surface area (TPSA) is 97.7 Å². The Balaban J connectivity index is 2.39. The highest BCUT2D eigenvalue weighted by Gasteiger charge is 2.61. The number of aliphatic imine (C=N–C) groups is 1. The second kappa shape index (κ2) is 9.81. The van der Waals surface area contributed by atoms with Crippen molar-refractivity contribution >= 4 is 35.6 Å². The Hall–Kier alpha value is -3.59. The van der Waals surface area contributed by atoms with Gasteiger partial charge in [0.15, 0.2) is 5.84 Å². The predicted octanol–water partition coefficient (Wildman–Crippen LogP) is 5.52. The first kappa shape index (κ1) is 27.0. The zero-order valence-electron chi connectivity index (χ0n) is 21.4. The van der Waals surface area contributed by atoms with Crippen LogP contribution in [-0.4, -0.2) is 52.3 Å². The fourth-order valence-corrected chi connectivity index (χ4v) is 3.73. The number of carbonyl (C=O) groups is 3. The Kier molecular flexibility index (Phi) is 7.36. The van der Waals surface area contributed by atoms with E-state index >= 15 is 0 Å². The molecule has 1 atom stereocenters. The second-order valence-corrected chi connectivity index (χ2v) is 10.5. The van der Waals surface area contributed by atoms with Crippen LogP contribution in [0.2, 0.25) is 5.02 Å². The third-order valence-electron chi connectivity index (χ3n) is 4.84. The van der Waals surface area contributed by atoms with Gasteiger partial charge in [0, 0.05) is 16.1 Å². The number of carbonyl (C=O) groups excluding carboxylic acids is 3. The Morgan fingerprint density at radius 1 is 0.861 bits per heavy atom. The van der Waals surface area contributed by atoms with Crippen LogP contribution in [0, 0.1) is 0 Å². The summed E-state index contributed by atoms with van der Waals surface area (Å²) in [5.41, 5.74) is -3.44. The summed E-state index contributed by atoms with van der Waals surface area (Å²) in [5, 5.41) is 2.02. The van der Waals surface area contributed by atoms with Crippen LogP contribution in [0.25, 0.3) is 0 Å². The first-order valence-corrected chi connectivity index (χ1v) is 11.6. The van der Waals surface area contributed by atoms with Crippen LogP contribution in [0.4, 0.5) is 9.59 Å². The fraction of sp³-hybridized carbons (Fsp3) is 0.385. The van der Waals surface area contributed by atoms with Crippen LogP contribution in [0.1, 0.15) is 52.7 Å². The van der Waals surface area contributed by atoms with Gasteiger partial charge in [-0.05, 0) is 53.7 Å². The summed E-state index contributed by atoms with van der Waals surface area (Å²) in [7, 11) is 1.16. The number of hydrogen-bond acceptors (Lipinski definition) is 7. The zero-order valence-corrected chi connectivity index (χ0v) is 22.1. The Labute approximate surface area is 215 Å². The third kappa shape index (κ3) is 5.46. The fourth-order valence-electron chi connectivity index (χ4n) is 3.54. The lowest BCUT2D eigenvalue weighted by Crippen LogP contribution is -2.60. The number of hydrazine groups is 1. The highest BCUT2D eigenvalue weighted by Crippen LogP contribution is 2.42. The maximum atomic E-state index is 13.8. The molecular formula is C26H30ClN3O6. The summed E-state index contributed by atoms with van der Waals surface area (Å²) in [6.45, 7) is 10.0.